The molecule has 8 rings (SSSR count). The van der Waals surface area contributed by atoms with Crippen LogP contribution >= 0.6 is 0 Å². The average molecular weight is 508 g/mol. The molecule has 5 heteroatoms. The molecule has 5 aliphatic rings. The first-order chi connectivity index (χ1) is 18.6. The topological polar surface area (TPSA) is 65.2 Å². The van der Waals surface area contributed by atoms with Gasteiger partial charge in [0.1, 0.15) is 5.78 Å². The largest absolute Gasteiger partial charge is 0.382 e. The van der Waals surface area contributed by atoms with Gasteiger partial charge in [0.15, 0.2) is 0 Å². The molecule has 2 N–H and O–H groups in total. The number of fused-ring (bicyclic) bond motifs is 4. The van der Waals surface area contributed by atoms with Gasteiger partial charge in [0, 0.05) is 47.7 Å². The molecule has 2 heterocycles. The number of Topliss-reactive ketones (excluding diaryl/α,β-unsaturated/α-hetero) is 1. The summed E-state index contributed by atoms with van der Waals surface area (Å²) in [5, 5.41) is 5.57. The Kier molecular flexibility index (Phi) is 5.17. The minimum Gasteiger partial charge on any atom is -0.382 e. The maximum absolute atomic E-state index is 14.3. The van der Waals surface area contributed by atoms with Gasteiger partial charge in [-0.15, -0.1) is 0 Å². The van der Waals surface area contributed by atoms with E-state index < -0.39 is 0 Å². The third-order valence-corrected chi connectivity index (χ3v) is 11.0. The van der Waals surface area contributed by atoms with Crippen molar-refractivity contribution in [3.63, 3.8) is 0 Å². The van der Waals surface area contributed by atoms with Crippen molar-refractivity contribution in [2.75, 3.05) is 18.4 Å². The molecular weight excluding hydrogens is 470 g/mol. The number of hydrogen-bond acceptors (Lipinski definition) is 4. The number of aromatic nitrogens is 1. The van der Waals surface area contributed by atoms with Crippen LogP contribution in [0, 0.1) is 40.9 Å². The number of H-pyrrole nitrogens is 1. The predicted molar refractivity (Wildman–Crippen MR) is 150 cm³/mol. The summed E-state index contributed by atoms with van der Waals surface area (Å²) in [5.74, 6) is 4.32. The number of anilines is 1. The lowest BCUT2D eigenvalue weighted by molar-refractivity contribution is -0.143. The summed E-state index contributed by atoms with van der Waals surface area (Å²) in [6.45, 7) is 3.03. The van der Waals surface area contributed by atoms with Gasteiger partial charge in [-0.3, -0.25) is 14.5 Å². The summed E-state index contributed by atoms with van der Waals surface area (Å²) >= 11 is 0. The highest BCUT2D eigenvalue weighted by molar-refractivity contribution is 5.90. The van der Waals surface area contributed by atoms with Gasteiger partial charge in [-0.1, -0.05) is 30.3 Å². The molecule has 8 atom stereocenters. The Labute approximate surface area is 224 Å². The van der Waals surface area contributed by atoms with Gasteiger partial charge < -0.3 is 10.3 Å². The normalized spacial score (nSPS) is 37.2. The van der Waals surface area contributed by atoms with Gasteiger partial charge in [0.25, 0.3) is 5.56 Å². The van der Waals surface area contributed by atoms with E-state index in [1.165, 1.54) is 31.2 Å². The molecule has 2 aromatic carbocycles. The van der Waals surface area contributed by atoms with Crippen LogP contribution in [-0.4, -0.2) is 34.8 Å². The fourth-order valence-electron chi connectivity index (χ4n) is 9.22. The highest BCUT2D eigenvalue weighted by Gasteiger charge is 2.79. The summed E-state index contributed by atoms with van der Waals surface area (Å²) in [6.07, 6.45) is 8.73. The van der Waals surface area contributed by atoms with E-state index in [9.17, 15) is 9.59 Å². The second-order valence-electron chi connectivity index (χ2n) is 13.0. The number of nitrogens with one attached hydrogen (secondary N) is 2. The second kappa shape index (κ2) is 8.54. The predicted octanol–water partition coefficient (Wildman–Crippen LogP) is 5.47. The standard InChI is InChI=1S/C33H37N3O2/c37-31(22-7-4-12-36(19-22)18-20-5-2-1-3-6-20)33-17-28-27(30(28)33)16-25(14-23-15-29(23)33)35-24-8-9-26-21(13-24)10-11-34-32(26)38/h1-3,5-6,8-11,13,22-23,25,27-30,35H,4,7,12,14-19H2,(H,34,38)/t22-,23+,25+,27+,28?,29?,30?,33-/m1/s1. The first kappa shape index (κ1) is 23.0. The number of pyridine rings is 1. The minimum absolute atomic E-state index is 0.00930. The molecular formula is C33H37N3O2. The van der Waals surface area contributed by atoms with Gasteiger partial charge in [0.05, 0.1) is 0 Å². The lowest BCUT2D eigenvalue weighted by Crippen LogP contribution is -2.50. The van der Waals surface area contributed by atoms with Crippen LogP contribution in [0.2, 0.25) is 0 Å². The number of aromatic amines is 1. The third kappa shape index (κ3) is 3.61. The number of carbonyl (C=O) groups is 1. The van der Waals surface area contributed by atoms with Gasteiger partial charge in [-0.05, 0) is 110 Å². The fraction of sp³-hybridized carbons (Fsp3) is 0.515. The van der Waals surface area contributed by atoms with E-state index in [1.807, 2.05) is 12.1 Å². The zero-order valence-electron chi connectivity index (χ0n) is 21.9. The Morgan fingerprint density at radius 1 is 1.05 bits per heavy atom. The van der Waals surface area contributed by atoms with E-state index in [0.29, 0.717) is 35.5 Å². The molecule has 5 nitrogen and oxygen atoms in total. The average Bonchev–Trinajstić information content (AvgIpc) is 3.80. The van der Waals surface area contributed by atoms with Gasteiger partial charge >= 0.3 is 0 Å². The van der Waals surface area contributed by atoms with Crippen LogP contribution in [0.3, 0.4) is 0 Å². The molecule has 1 aliphatic heterocycles. The maximum atomic E-state index is 14.3. The minimum atomic E-state index is -0.0301. The fourth-order valence-corrected chi connectivity index (χ4v) is 9.22. The van der Waals surface area contributed by atoms with Crippen molar-refractivity contribution in [1.29, 1.82) is 0 Å². The Balaban J connectivity index is 0.968. The number of piperidine rings is 1. The van der Waals surface area contributed by atoms with Gasteiger partial charge in [0.2, 0.25) is 0 Å². The summed E-state index contributed by atoms with van der Waals surface area (Å²) < 4.78 is 0. The molecule has 1 saturated heterocycles. The van der Waals surface area contributed by atoms with Crippen LogP contribution in [0.25, 0.3) is 10.8 Å². The monoisotopic (exact) mass is 507 g/mol. The number of hydrogen-bond donors (Lipinski definition) is 2. The molecule has 0 spiro atoms. The summed E-state index contributed by atoms with van der Waals surface area (Å²) in [5.41, 5.74) is 2.45. The number of ketones is 1. The third-order valence-electron chi connectivity index (χ3n) is 11.0. The first-order valence-corrected chi connectivity index (χ1v) is 14.8. The van der Waals surface area contributed by atoms with Crippen molar-refractivity contribution in [3.05, 3.63) is 76.7 Å². The van der Waals surface area contributed by atoms with Crippen LogP contribution < -0.4 is 10.9 Å². The zero-order valence-corrected chi connectivity index (χ0v) is 21.9. The van der Waals surface area contributed by atoms with Crippen LogP contribution in [0.1, 0.15) is 44.1 Å². The molecule has 3 unspecified atom stereocenters. The SMILES string of the molecule is O=C([C@@H]1CCCN(Cc2ccccc2)C1)[C@@]12CC3C1[C@H]3C[C@@H](Nc1ccc3c(=O)[nH]ccc3c1)C[C@H]1CC12. The second-order valence-corrected chi connectivity index (χ2v) is 13.0. The van der Waals surface area contributed by atoms with E-state index in [2.05, 4.69) is 57.7 Å². The summed E-state index contributed by atoms with van der Waals surface area (Å²) in [4.78, 5) is 31.7. The van der Waals surface area contributed by atoms with Gasteiger partial charge in [-0.2, -0.15) is 0 Å². The maximum Gasteiger partial charge on any atom is 0.255 e. The molecule has 0 amide bonds. The Morgan fingerprint density at radius 2 is 1.95 bits per heavy atom. The van der Waals surface area contributed by atoms with E-state index in [0.717, 1.165) is 54.9 Å². The molecule has 4 saturated carbocycles. The number of nitrogens with zero attached hydrogens (tertiary/aromatic N) is 1. The van der Waals surface area contributed by atoms with Crippen molar-refractivity contribution >= 4 is 22.2 Å². The molecule has 0 radical (unpaired) electrons. The van der Waals surface area contributed by atoms with Crippen molar-refractivity contribution in [1.82, 2.24) is 9.88 Å². The van der Waals surface area contributed by atoms with Crippen molar-refractivity contribution in [2.45, 2.75) is 51.1 Å². The molecule has 1 aromatic heterocycles. The Hall–Kier alpha value is -2.92. The molecule has 3 aromatic rings. The summed E-state index contributed by atoms with van der Waals surface area (Å²) in [7, 11) is 0. The summed E-state index contributed by atoms with van der Waals surface area (Å²) in [6, 6.07) is 19.3. The van der Waals surface area contributed by atoms with Crippen LogP contribution in [-0.2, 0) is 11.3 Å². The van der Waals surface area contributed by atoms with E-state index in [-0.39, 0.29) is 16.9 Å². The highest BCUT2D eigenvalue weighted by atomic mass is 16.1. The Bertz CT molecular complexity index is 1450. The number of likely N-dealkylation sites (tertiary alicyclic amines) is 1. The van der Waals surface area contributed by atoms with E-state index in [1.54, 1.807) is 6.20 Å². The Morgan fingerprint density at radius 3 is 2.84 bits per heavy atom. The lowest BCUT2D eigenvalue weighted by atomic mass is 9.58. The number of benzene rings is 2. The smallest absolute Gasteiger partial charge is 0.255 e. The quantitative estimate of drug-likeness (QED) is 0.464. The molecule has 5 fully saturated rings. The van der Waals surface area contributed by atoms with Gasteiger partial charge in [-0.25, -0.2) is 0 Å². The number of carbonyl (C=O) groups excluding carboxylic acids is 1. The van der Waals surface area contributed by atoms with Crippen LogP contribution in [0.5, 0.6) is 0 Å². The van der Waals surface area contributed by atoms with Crippen LogP contribution in [0.15, 0.2) is 65.6 Å². The highest BCUT2D eigenvalue weighted by Crippen LogP contribution is 2.81. The molecule has 4 aliphatic carbocycles. The van der Waals surface area contributed by atoms with E-state index >= 15 is 0 Å². The van der Waals surface area contributed by atoms with Crippen LogP contribution in [0.4, 0.5) is 5.69 Å². The zero-order chi connectivity index (χ0) is 25.4. The molecule has 38 heavy (non-hydrogen) atoms. The van der Waals surface area contributed by atoms with Crippen molar-refractivity contribution in [2.24, 2.45) is 40.9 Å². The van der Waals surface area contributed by atoms with Crippen molar-refractivity contribution in [3.8, 4) is 0 Å². The number of rotatable bonds is 6. The van der Waals surface area contributed by atoms with E-state index in [4.69, 9.17) is 0 Å². The first-order valence-electron chi connectivity index (χ1n) is 14.8. The lowest BCUT2D eigenvalue weighted by Gasteiger charge is -2.45. The van der Waals surface area contributed by atoms with Crippen molar-refractivity contribution < 1.29 is 4.79 Å². The molecule has 0 bridgehead atoms. The molecule has 196 valence electrons.